The molecule has 0 spiro atoms. The fourth-order valence-corrected chi connectivity index (χ4v) is 3.44. The van der Waals surface area contributed by atoms with Gasteiger partial charge in [0.25, 0.3) is 0 Å². The Kier molecular flexibility index (Phi) is 5.36. The van der Waals surface area contributed by atoms with Gasteiger partial charge >= 0.3 is 0 Å². The minimum atomic E-state index is -3.89. The summed E-state index contributed by atoms with van der Waals surface area (Å²) in [5.41, 5.74) is 2.85. The van der Waals surface area contributed by atoms with Gasteiger partial charge in [0.15, 0.2) is 0 Å². The van der Waals surface area contributed by atoms with Crippen LogP contribution in [0.25, 0.3) is 0 Å². The number of amides is 1. The van der Waals surface area contributed by atoms with Crippen molar-refractivity contribution in [2.75, 3.05) is 11.9 Å². The van der Waals surface area contributed by atoms with Crippen molar-refractivity contribution < 1.29 is 17.6 Å². The number of hydrogen-bond acceptors (Lipinski definition) is 3. The Bertz CT molecular complexity index is 879. The Morgan fingerprint density at radius 3 is 2.46 bits per heavy atom. The van der Waals surface area contributed by atoms with E-state index in [0.717, 1.165) is 23.3 Å². The highest BCUT2D eigenvalue weighted by atomic mass is 32.2. The van der Waals surface area contributed by atoms with Crippen molar-refractivity contribution in [2.24, 2.45) is 0 Å². The first kappa shape index (κ1) is 18.1. The SMILES string of the molecule is Cc1cc(F)ccc1S(=O)(=O)NCC(=O)Nc1cccc(C)c1C. The first-order chi connectivity index (χ1) is 11.2. The van der Waals surface area contributed by atoms with Gasteiger partial charge in [0.2, 0.25) is 15.9 Å². The van der Waals surface area contributed by atoms with E-state index in [9.17, 15) is 17.6 Å². The maximum atomic E-state index is 13.1. The highest BCUT2D eigenvalue weighted by Gasteiger charge is 2.18. The van der Waals surface area contributed by atoms with Gasteiger partial charge in [0, 0.05) is 5.69 Å². The van der Waals surface area contributed by atoms with E-state index >= 15 is 0 Å². The van der Waals surface area contributed by atoms with Crippen LogP contribution in [-0.2, 0) is 14.8 Å². The molecule has 0 radical (unpaired) electrons. The van der Waals surface area contributed by atoms with Crippen LogP contribution in [0.1, 0.15) is 16.7 Å². The molecule has 0 saturated heterocycles. The summed E-state index contributed by atoms with van der Waals surface area (Å²) < 4.78 is 39.8. The summed E-state index contributed by atoms with van der Waals surface area (Å²) in [6, 6.07) is 8.85. The molecule has 128 valence electrons. The predicted octanol–water partition coefficient (Wildman–Crippen LogP) is 2.67. The number of halogens is 1. The van der Waals surface area contributed by atoms with Gasteiger partial charge in [-0.15, -0.1) is 0 Å². The molecule has 0 aliphatic heterocycles. The van der Waals surface area contributed by atoms with E-state index in [1.807, 2.05) is 26.0 Å². The van der Waals surface area contributed by atoms with E-state index < -0.39 is 28.3 Å². The molecule has 2 N–H and O–H groups in total. The van der Waals surface area contributed by atoms with E-state index in [1.165, 1.54) is 13.0 Å². The molecule has 0 unspecified atom stereocenters. The van der Waals surface area contributed by atoms with Crippen molar-refractivity contribution in [1.82, 2.24) is 4.72 Å². The number of aryl methyl sites for hydroxylation is 2. The Morgan fingerprint density at radius 2 is 1.79 bits per heavy atom. The highest BCUT2D eigenvalue weighted by Crippen LogP contribution is 2.18. The van der Waals surface area contributed by atoms with Crippen LogP contribution < -0.4 is 10.0 Å². The largest absolute Gasteiger partial charge is 0.325 e. The van der Waals surface area contributed by atoms with Crippen LogP contribution >= 0.6 is 0 Å². The fraction of sp³-hybridized carbons (Fsp3) is 0.235. The van der Waals surface area contributed by atoms with Gasteiger partial charge in [-0.1, -0.05) is 12.1 Å². The lowest BCUT2D eigenvalue weighted by Gasteiger charge is -2.12. The maximum Gasteiger partial charge on any atom is 0.241 e. The van der Waals surface area contributed by atoms with Gasteiger partial charge in [-0.2, -0.15) is 0 Å². The van der Waals surface area contributed by atoms with Gasteiger partial charge in [0.05, 0.1) is 11.4 Å². The molecule has 0 fully saturated rings. The highest BCUT2D eigenvalue weighted by molar-refractivity contribution is 7.89. The molecule has 0 aliphatic rings. The number of carbonyl (C=O) groups is 1. The number of rotatable bonds is 5. The van der Waals surface area contributed by atoms with E-state index in [4.69, 9.17) is 0 Å². The summed E-state index contributed by atoms with van der Waals surface area (Å²) in [4.78, 5) is 11.9. The Morgan fingerprint density at radius 1 is 1.08 bits per heavy atom. The Labute approximate surface area is 141 Å². The zero-order valence-corrected chi connectivity index (χ0v) is 14.5. The number of benzene rings is 2. The summed E-state index contributed by atoms with van der Waals surface area (Å²) in [6.45, 7) is 4.88. The Balaban J connectivity index is 2.06. The van der Waals surface area contributed by atoms with E-state index in [2.05, 4.69) is 10.0 Å². The average molecular weight is 350 g/mol. The quantitative estimate of drug-likeness (QED) is 0.870. The second-order valence-electron chi connectivity index (χ2n) is 5.53. The van der Waals surface area contributed by atoms with Crippen molar-refractivity contribution in [3.63, 3.8) is 0 Å². The molecular weight excluding hydrogens is 331 g/mol. The van der Waals surface area contributed by atoms with Crippen molar-refractivity contribution >= 4 is 21.6 Å². The fourth-order valence-electron chi connectivity index (χ4n) is 2.23. The predicted molar refractivity (Wildman–Crippen MR) is 90.9 cm³/mol. The van der Waals surface area contributed by atoms with Crippen molar-refractivity contribution in [3.05, 3.63) is 58.9 Å². The van der Waals surface area contributed by atoms with Crippen molar-refractivity contribution in [3.8, 4) is 0 Å². The molecule has 0 saturated carbocycles. The van der Waals surface area contributed by atoms with Crippen LogP contribution in [0.2, 0.25) is 0 Å². The van der Waals surface area contributed by atoms with Crippen LogP contribution in [0.3, 0.4) is 0 Å². The molecule has 0 heterocycles. The lowest BCUT2D eigenvalue weighted by molar-refractivity contribution is -0.115. The second-order valence-corrected chi connectivity index (χ2v) is 7.27. The van der Waals surface area contributed by atoms with Crippen LogP contribution in [-0.4, -0.2) is 20.9 Å². The molecule has 0 bridgehead atoms. The summed E-state index contributed by atoms with van der Waals surface area (Å²) in [7, 11) is -3.89. The second kappa shape index (κ2) is 7.11. The van der Waals surface area contributed by atoms with E-state index in [-0.39, 0.29) is 10.5 Å². The standard InChI is InChI=1S/C17H19FN2O3S/c1-11-5-4-6-15(13(11)3)20-17(21)10-19-24(22,23)16-8-7-14(18)9-12(16)2/h4-9,19H,10H2,1-3H3,(H,20,21). The molecule has 2 aromatic carbocycles. The molecule has 7 heteroatoms. The van der Waals surface area contributed by atoms with Crippen molar-refractivity contribution in [2.45, 2.75) is 25.7 Å². The summed E-state index contributed by atoms with van der Waals surface area (Å²) >= 11 is 0. The van der Waals surface area contributed by atoms with Crippen LogP contribution in [0.4, 0.5) is 10.1 Å². The first-order valence-electron chi connectivity index (χ1n) is 7.32. The molecule has 0 aliphatic carbocycles. The third kappa shape index (κ3) is 4.18. The van der Waals surface area contributed by atoms with Crippen LogP contribution in [0.15, 0.2) is 41.3 Å². The molecule has 0 atom stereocenters. The average Bonchev–Trinajstić information content (AvgIpc) is 2.49. The van der Waals surface area contributed by atoms with Crippen LogP contribution in [0.5, 0.6) is 0 Å². The number of anilines is 1. The third-order valence-corrected chi connectivity index (χ3v) is 5.29. The maximum absolute atomic E-state index is 13.1. The molecule has 2 aromatic rings. The number of sulfonamides is 1. The molecule has 1 amide bonds. The third-order valence-electron chi connectivity index (χ3n) is 3.73. The van der Waals surface area contributed by atoms with E-state index in [1.54, 1.807) is 6.07 Å². The van der Waals surface area contributed by atoms with E-state index in [0.29, 0.717) is 5.69 Å². The van der Waals surface area contributed by atoms with Gasteiger partial charge < -0.3 is 5.32 Å². The topological polar surface area (TPSA) is 75.3 Å². The van der Waals surface area contributed by atoms with Gasteiger partial charge in [-0.05, 0) is 61.7 Å². The minimum absolute atomic E-state index is 0.0524. The Hall–Kier alpha value is -2.25. The van der Waals surface area contributed by atoms with Crippen LogP contribution in [0, 0.1) is 26.6 Å². The molecule has 2 rings (SSSR count). The zero-order chi connectivity index (χ0) is 17.9. The summed E-state index contributed by atoms with van der Waals surface area (Å²) in [5.74, 6) is -0.994. The van der Waals surface area contributed by atoms with Gasteiger partial charge in [-0.3, -0.25) is 4.79 Å². The smallest absolute Gasteiger partial charge is 0.241 e. The number of hydrogen-bond donors (Lipinski definition) is 2. The lowest BCUT2D eigenvalue weighted by atomic mass is 10.1. The van der Waals surface area contributed by atoms with Gasteiger partial charge in [0.1, 0.15) is 5.82 Å². The number of carbonyl (C=O) groups excluding carboxylic acids is 1. The molecule has 5 nitrogen and oxygen atoms in total. The summed E-state index contributed by atoms with van der Waals surface area (Å²) in [5, 5.41) is 2.67. The molecule has 24 heavy (non-hydrogen) atoms. The van der Waals surface area contributed by atoms with Crippen molar-refractivity contribution in [1.29, 1.82) is 0 Å². The lowest BCUT2D eigenvalue weighted by Crippen LogP contribution is -2.33. The van der Waals surface area contributed by atoms with Gasteiger partial charge in [-0.25, -0.2) is 17.5 Å². The normalized spacial score (nSPS) is 11.3. The molecule has 0 aromatic heterocycles. The summed E-state index contributed by atoms with van der Waals surface area (Å²) in [6.07, 6.45) is 0. The first-order valence-corrected chi connectivity index (χ1v) is 8.81. The monoisotopic (exact) mass is 350 g/mol. The molecular formula is C17H19FN2O3S. The number of nitrogens with one attached hydrogen (secondary N) is 2. The minimum Gasteiger partial charge on any atom is -0.325 e. The zero-order valence-electron chi connectivity index (χ0n) is 13.7.